The Kier molecular flexibility index (Phi) is 6.28. The van der Waals surface area contributed by atoms with Crippen LogP contribution in [0.1, 0.15) is 24.0 Å². The molecule has 0 N–H and O–H groups in total. The van der Waals surface area contributed by atoms with Gasteiger partial charge >= 0.3 is 0 Å². The number of carbonyl (C=O) groups excluding carboxylic acids is 1. The molecule has 4 heterocycles. The minimum absolute atomic E-state index is 0.00113. The third-order valence-electron chi connectivity index (χ3n) is 7.96. The topological polar surface area (TPSA) is 57.0 Å². The Morgan fingerprint density at radius 3 is 2.49 bits per heavy atom. The SMILES string of the molecule is Cc1ccc(-c2cc3c(N4CCC[C@@H](C(=O)N5CCN(c6ccccc6)CC5)C4)nccn3n2)cc1C. The van der Waals surface area contributed by atoms with E-state index in [1.54, 1.807) is 0 Å². The molecule has 1 amide bonds. The molecule has 2 aliphatic rings. The number of hydrogen-bond acceptors (Lipinski definition) is 5. The van der Waals surface area contributed by atoms with Gasteiger partial charge in [-0.2, -0.15) is 5.10 Å². The molecule has 0 radical (unpaired) electrons. The number of nitrogens with zero attached hydrogens (tertiary/aromatic N) is 6. The molecule has 0 spiro atoms. The van der Waals surface area contributed by atoms with E-state index in [0.29, 0.717) is 6.54 Å². The molecule has 6 rings (SSSR count). The molecular weight excluding hydrogens is 460 g/mol. The van der Waals surface area contributed by atoms with Crippen molar-refractivity contribution in [3.63, 3.8) is 0 Å². The second kappa shape index (κ2) is 9.88. The number of hydrogen-bond donors (Lipinski definition) is 0. The summed E-state index contributed by atoms with van der Waals surface area (Å²) in [6.45, 7) is 9.18. The number of rotatable bonds is 4. The summed E-state index contributed by atoms with van der Waals surface area (Å²) in [4.78, 5) is 25.0. The minimum atomic E-state index is 0.00113. The van der Waals surface area contributed by atoms with Gasteiger partial charge in [-0.15, -0.1) is 0 Å². The molecule has 190 valence electrons. The highest BCUT2D eigenvalue weighted by Gasteiger charge is 2.32. The fraction of sp³-hybridized carbons (Fsp3) is 0.367. The van der Waals surface area contributed by atoms with Crippen molar-refractivity contribution in [2.75, 3.05) is 49.1 Å². The van der Waals surface area contributed by atoms with E-state index >= 15 is 0 Å². The van der Waals surface area contributed by atoms with E-state index in [1.807, 2.05) is 23.0 Å². The van der Waals surface area contributed by atoms with Crippen molar-refractivity contribution < 1.29 is 4.79 Å². The largest absolute Gasteiger partial charge is 0.368 e. The summed E-state index contributed by atoms with van der Waals surface area (Å²) in [6, 6.07) is 19.1. The van der Waals surface area contributed by atoms with Crippen LogP contribution in [0.3, 0.4) is 0 Å². The van der Waals surface area contributed by atoms with Crippen LogP contribution < -0.4 is 9.80 Å². The number of aromatic nitrogens is 3. The molecule has 2 fully saturated rings. The van der Waals surface area contributed by atoms with Gasteiger partial charge in [0.05, 0.1) is 11.6 Å². The van der Waals surface area contributed by atoms with Gasteiger partial charge < -0.3 is 14.7 Å². The second-order valence-corrected chi connectivity index (χ2v) is 10.3. The third-order valence-corrected chi connectivity index (χ3v) is 7.96. The average molecular weight is 495 g/mol. The number of benzene rings is 2. The van der Waals surface area contributed by atoms with Crippen LogP contribution in [-0.4, -0.2) is 64.7 Å². The molecule has 0 bridgehead atoms. The molecular formula is C30H34N6O. The highest BCUT2D eigenvalue weighted by molar-refractivity contribution is 5.81. The van der Waals surface area contributed by atoms with Crippen molar-refractivity contribution in [2.24, 2.45) is 5.92 Å². The Morgan fingerprint density at radius 2 is 1.70 bits per heavy atom. The summed E-state index contributed by atoms with van der Waals surface area (Å²) in [6.07, 6.45) is 5.64. The van der Waals surface area contributed by atoms with E-state index in [-0.39, 0.29) is 11.8 Å². The Balaban J connectivity index is 1.17. The van der Waals surface area contributed by atoms with Gasteiger partial charge in [0, 0.05) is 62.9 Å². The normalized spacial score (nSPS) is 18.4. The summed E-state index contributed by atoms with van der Waals surface area (Å²) in [5.74, 6) is 1.20. The predicted molar refractivity (Wildman–Crippen MR) is 148 cm³/mol. The van der Waals surface area contributed by atoms with Crippen molar-refractivity contribution in [2.45, 2.75) is 26.7 Å². The molecule has 2 saturated heterocycles. The molecule has 0 saturated carbocycles. The van der Waals surface area contributed by atoms with Crippen LogP contribution in [0.2, 0.25) is 0 Å². The standard InChI is InChI=1S/C30H34N6O/c1-22-10-11-24(19-23(22)2)27-20-28-29(31-12-14-36(28)32-27)35-13-6-7-25(21-35)30(37)34-17-15-33(16-18-34)26-8-4-3-5-9-26/h3-5,8-12,14,19-20,25H,6-7,13,15-18,21H2,1-2H3/t25-/m1/s1. The molecule has 1 atom stereocenters. The van der Waals surface area contributed by atoms with Gasteiger partial charge in [0.2, 0.25) is 5.91 Å². The fourth-order valence-electron chi connectivity index (χ4n) is 5.65. The average Bonchev–Trinajstić information content (AvgIpc) is 3.39. The molecule has 4 aromatic rings. The lowest BCUT2D eigenvalue weighted by atomic mass is 9.96. The van der Waals surface area contributed by atoms with Crippen LogP contribution in [-0.2, 0) is 4.79 Å². The van der Waals surface area contributed by atoms with Crippen molar-refractivity contribution in [1.82, 2.24) is 19.5 Å². The molecule has 7 nitrogen and oxygen atoms in total. The summed E-state index contributed by atoms with van der Waals surface area (Å²) < 4.78 is 1.92. The lowest BCUT2D eigenvalue weighted by Gasteiger charge is -2.40. The van der Waals surface area contributed by atoms with Crippen LogP contribution in [0.4, 0.5) is 11.5 Å². The first-order valence-electron chi connectivity index (χ1n) is 13.3. The number of amides is 1. The Morgan fingerprint density at radius 1 is 0.892 bits per heavy atom. The van der Waals surface area contributed by atoms with Gasteiger partial charge in [-0.25, -0.2) is 9.50 Å². The maximum atomic E-state index is 13.5. The van der Waals surface area contributed by atoms with Gasteiger partial charge in [-0.1, -0.05) is 30.3 Å². The number of anilines is 2. The second-order valence-electron chi connectivity index (χ2n) is 10.3. The summed E-state index contributed by atoms with van der Waals surface area (Å²) in [5, 5.41) is 4.84. The number of piperazine rings is 1. The molecule has 0 aliphatic carbocycles. The van der Waals surface area contributed by atoms with Gasteiger partial charge in [0.15, 0.2) is 5.82 Å². The Hall–Kier alpha value is -3.87. The third kappa shape index (κ3) is 4.66. The number of piperidine rings is 1. The fourth-order valence-corrected chi connectivity index (χ4v) is 5.65. The lowest BCUT2D eigenvalue weighted by molar-refractivity contribution is -0.136. The number of para-hydroxylation sites is 1. The van der Waals surface area contributed by atoms with Crippen LogP contribution in [0, 0.1) is 19.8 Å². The summed E-state index contributed by atoms with van der Waals surface area (Å²) in [5.41, 5.74) is 6.81. The number of fused-ring (bicyclic) bond motifs is 1. The van der Waals surface area contributed by atoms with E-state index in [0.717, 1.165) is 68.2 Å². The monoisotopic (exact) mass is 494 g/mol. The van der Waals surface area contributed by atoms with Gasteiger partial charge in [-0.3, -0.25) is 4.79 Å². The van der Waals surface area contributed by atoms with Gasteiger partial charge in [0.1, 0.15) is 5.52 Å². The minimum Gasteiger partial charge on any atom is -0.368 e. The van der Waals surface area contributed by atoms with Gasteiger partial charge in [-0.05, 0) is 62.1 Å². The maximum Gasteiger partial charge on any atom is 0.227 e. The van der Waals surface area contributed by atoms with Crippen LogP contribution in [0.15, 0.2) is 67.0 Å². The lowest BCUT2D eigenvalue weighted by Crippen LogP contribution is -2.52. The molecule has 0 unspecified atom stereocenters. The maximum absolute atomic E-state index is 13.5. The molecule has 37 heavy (non-hydrogen) atoms. The Labute approximate surface area is 218 Å². The van der Waals surface area contributed by atoms with Crippen LogP contribution in [0.25, 0.3) is 16.8 Å². The molecule has 2 aromatic heterocycles. The molecule has 2 aromatic carbocycles. The smallest absolute Gasteiger partial charge is 0.227 e. The number of aryl methyl sites for hydroxylation is 2. The Bertz CT molecular complexity index is 1410. The predicted octanol–water partition coefficient (Wildman–Crippen LogP) is 4.58. The first kappa shape index (κ1) is 23.5. The first-order valence-corrected chi connectivity index (χ1v) is 13.3. The van der Waals surface area contributed by atoms with Gasteiger partial charge in [0.25, 0.3) is 0 Å². The molecule has 7 heteroatoms. The van der Waals surface area contributed by atoms with Crippen molar-refractivity contribution in [3.05, 3.63) is 78.1 Å². The summed E-state index contributed by atoms with van der Waals surface area (Å²) >= 11 is 0. The highest BCUT2D eigenvalue weighted by atomic mass is 16.2. The van der Waals surface area contributed by atoms with Crippen molar-refractivity contribution >= 4 is 22.9 Å². The quantitative estimate of drug-likeness (QED) is 0.416. The van der Waals surface area contributed by atoms with Crippen LogP contribution >= 0.6 is 0 Å². The van der Waals surface area contributed by atoms with E-state index in [2.05, 4.69) is 77.1 Å². The molecule has 2 aliphatic heterocycles. The zero-order chi connectivity index (χ0) is 25.4. The van der Waals surface area contributed by atoms with E-state index in [1.165, 1.54) is 16.8 Å². The van der Waals surface area contributed by atoms with E-state index in [9.17, 15) is 4.79 Å². The number of carbonyl (C=O) groups is 1. The highest BCUT2D eigenvalue weighted by Crippen LogP contribution is 2.30. The summed E-state index contributed by atoms with van der Waals surface area (Å²) in [7, 11) is 0. The zero-order valence-corrected chi connectivity index (χ0v) is 21.7. The van der Waals surface area contributed by atoms with Crippen molar-refractivity contribution in [3.8, 4) is 11.3 Å². The zero-order valence-electron chi connectivity index (χ0n) is 21.7. The van der Waals surface area contributed by atoms with Crippen molar-refractivity contribution in [1.29, 1.82) is 0 Å². The van der Waals surface area contributed by atoms with E-state index in [4.69, 9.17) is 10.1 Å². The van der Waals surface area contributed by atoms with Crippen LogP contribution in [0.5, 0.6) is 0 Å². The first-order chi connectivity index (χ1) is 18.1. The van der Waals surface area contributed by atoms with E-state index < -0.39 is 0 Å².